The molecule has 1 aromatic heterocycles. The van der Waals surface area contributed by atoms with Crippen molar-refractivity contribution in [2.24, 2.45) is 0 Å². The summed E-state index contributed by atoms with van der Waals surface area (Å²) in [6.45, 7) is 13.2. The van der Waals surface area contributed by atoms with Gasteiger partial charge in [0, 0.05) is 18.0 Å². The Bertz CT molecular complexity index is 1280. The van der Waals surface area contributed by atoms with E-state index in [4.69, 9.17) is 4.98 Å². The Morgan fingerprint density at radius 1 is 0.818 bits per heavy atom. The van der Waals surface area contributed by atoms with Gasteiger partial charge in [-0.1, -0.05) is 58.0 Å². The van der Waals surface area contributed by atoms with Gasteiger partial charge in [0.2, 0.25) is 0 Å². The number of benzene rings is 3. The summed E-state index contributed by atoms with van der Waals surface area (Å²) in [5, 5.41) is 9.39. The van der Waals surface area contributed by atoms with E-state index in [-0.39, 0.29) is 0 Å². The molecule has 0 aliphatic rings. The number of rotatable bonds is 5. The Labute approximate surface area is 197 Å². The lowest BCUT2D eigenvalue weighted by Gasteiger charge is -2.24. The molecule has 0 amide bonds. The molecular formula is C30H31N3. The van der Waals surface area contributed by atoms with E-state index in [9.17, 15) is 5.26 Å². The molecule has 0 fully saturated rings. The lowest BCUT2D eigenvalue weighted by molar-refractivity contribution is 0.807. The highest BCUT2D eigenvalue weighted by atomic mass is 15.1. The standard InChI is InChI=1S/C30H31N3/c1-19(2)26-16-25(28-21(5)14-23(18-31)15-22(28)6)17-27(20(3)4)29(26)33-13-12-32-30(33)24-10-8-7-9-11-24/h7-17,19-20H,1-6H3. The first-order chi connectivity index (χ1) is 15.8. The SMILES string of the molecule is Cc1cc(C#N)cc(C)c1-c1cc(C(C)C)c(-n2ccnc2-c2ccccc2)c(C(C)C)c1. The first-order valence-corrected chi connectivity index (χ1v) is 11.6. The Kier molecular flexibility index (Phi) is 6.20. The maximum atomic E-state index is 9.39. The molecule has 1 heterocycles. The van der Waals surface area contributed by atoms with Crippen LogP contribution in [0, 0.1) is 25.2 Å². The second kappa shape index (κ2) is 9.08. The van der Waals surface area contributed by atoms with Crippen LogP contribution >= 0.6 is 0 Å². The molecule has 0 radical (unpaired) electrons. The van der Waals surface area contributed by atoms with Crippen molar-refractivity contribution in [3.63, 3.8) is 0 Å². The molecule has 166 valence electrons. The summed E-state index contributed by atoms with van der Waals surface area (Å²) < 4.78 is 2.25. The fourth-order valence-electron chi connectivity index (χ4n) is 4.75. The van der Waals surface area contributed by atoms with E-state index >= 15 is 0 Å². The largest absolute Gasteiger partial charge is 0.299 e. The Hall–Kier alpha value is -3.64. The van der Waals surface area contributed by atoms with Crippen molar-refractivity contribution in [2.45, 2.75) is 53.4 Å². The van der Waals surface area contributed by atoms with Gasteiger partial charge >= 0.3 is 0 Å². The molecule has 0 N–H and O–H groups in total. The van der Waals surface area contributed by atoms with E-state index in [0.717, 1.165) is 22.5 Å². The molecule has 0 saturated heterocycles. The second-order valence-electron chi connectivity index (χ2n) is 9.40. The van der Waals surface area contributed by atoms with E-state index < -0.39 is 0 Å². The van der Waals surface area contributed by atoms with Gasteiger partial charge in [0.25, 0.3) is 0 Å². The van der Waals surface area contributed by atoms with Crippen molar-refractivity contribution >= 4 is 0 Å². The number of hydrogen-bond donors (Lipinski definition) is 0. The molecular weight excluding hydrogens is 402 g/mol. The Morgan fingerprint density at radius 2 is 1.39 bits per heavy atom. The van der Waals surface area contributed by atoms with Crippen molar-refractivity contribution in [3.8, 4) is 34.3 Å². The van der Waals surface area contributed by atoms with E-state index in [1.165, 1.54) is 27.9 Å². The fraction of sp³-hybridized carbons (Fsp3) is 0.267. The van der Waals surface area contributed by atoms with Gasteiger partial charge in [0.05, 0.1) is 17.3 Å². The molecule has 4 aromatic rings. The summed E-state index contributed by atoms with van der Waals surface area (Å²) >= 11 is 0. The molecule has 3 aromatic carbocycles. The van der Waals surface area contributed by atoms with Crippen LogP contribution in [0.25, 0.3) is 28.2 Å². The monoisotopic (exact) mass is 433 g/mol. The van der Waals surface area contributed by atoms with Crippen LogP contribution in [0.4, 0.5) is 0 Å². The lowest BCUT2D eigenvalue weighted by atomic mass is 9.85. The lowest BCUT2D eigenvalue weighted by Crippen LogP contribution is -2.09. The normalized spacial score (nSPS) is 11.2. The maximum absolute atomic E-state index is 9.39. The Balaban J connectivity index is 2.01. The third-order valence-electron chi connectivity index (χ3n) is 6.28. The average Bonchev–Trinajstić information content (AvgIpc) is 3.28. The van der Waals surface area contributed by atoms with Gasteiger partial charge in [-0.05, 0) is 83.3 Å². The summed E-state index contributed by atoms with van der Waals surface area (Å²) in [6.07, 6.45) is 3.96. The van der Waals surface area contributed by atoms with Crippen molar-refractivity contribution in [1.29, 1.82) is 5.26 Å². The predicted octanol–water partition coefficient (Wildman–Crippen LogP) is 7.94. The van der Waals surface area contributed by atoms with E-state index in [1.807, 2.05) is 24.4 Å². The van der Waals surface area contributed by atoms with Crippen LogP contribution in [0.5, 0.6) is 0 Å². The third-order valence-corrected chi connectivity index (χ3v) is 6.28. The topological polar surface area (TPSA) is 41.6 Å². The summed E-state index contributed by atoms with van der Waals surface area (Å²) in [5.41, 5.74) is 10.4. The number of nitrogens with zero attached hydrogens (tertiary/aromatic N) is 3. The zero-order valence-corrected chi connectivity index (χ0v) is 20.3. The second-order valence-corrected chi connectivity index (χ2v) is 9.40. The van der Waals surface area contributed by atoms with Crippen molar-refractivity contribution < 1.29 is 0 Å². The minimum Gasteiger partial charge on any atom is -0.299 e. The van der Waals surface area contributed by atoms with Gasteiger partial charge in [-0.15, -0.1) is 0 Å². The summed E-state index contributed by atoms with van der Waals surface area (Å²) in [5.74, 6) is 1.63. The van der Waals surface area contributed by atoms with Crippen LogP contribution in [0.15, 0.2) is 67.0 Å². The van der Waals surface area contributed by atoms with E-state index in [1.54, 1.807) is 0 Å². The van der Waals surface area contributed by atoms with Crippen LogP contribution in [-0.2, 0) is 0 Å². The van der Waals surface area contributed by atoms with Crippen molar-refractivity contribution in [1.82, 2.24) is 9.55 Å². The number of imidazole rings is 1. The van der Waals surface area contributed by atoms with E-state index in [0.29, 0.717) is 17.4 Å². The molecule has 0 aliphatic heterocycles. The maximum Gasteiger partial charge on any atom is 0.144 e. The zero-order valence-electron chi connectivity index (χ0n) is 20.3. The van der Waals surface area contributed by atoms with E-state index in [2.05, 4.69) is 94.8 Å². The van der Waals surface area contributed by atoms with Gasteiger partial charge < -0.3 is 0 Å². The van der Waals surface area contributed by atoms with Crippen LogP contribution in [0.3, 0.4) is 0 Å². The first-order valence-electron chi connectivity index (χ1n) is 11.6. The smallest absolute Gasteiger partial charge is 0.144 e. The zero-order chi connectivity index (χ0) is 23.7. The van der Waals surface area contributed by atoms with Gasteiger partial charge in [-0.2, -0.15) is 5.26 Å². The molecule has 3 heteroatoms. The highest BCUT2D eigenvalue weighted by Crippen LogP contribution is 2.39. The highest BCUT2D eigenvalue weighted by Gasteiger charge is 2.21. The predicted molar refractivity (Wildman–Crippen MR) is 137 cm³/mol. The van der Waals surface area contributed by atoms with Crippen LogP contribution in [0.2, 0.25) is 0 Å². The van der Waals surface area contributed by atoms with Crippen molar-refractivity contribution in [3.05, 3.63) is 94.8 Å². The Morgan fingerprint density at radius 3 is 1.91 bits per heavy atom. The molecule has 33 heavy (non-hydrogen) atoms. The highest BCUT2D eigenvalue weighted by molar-refractivity contribution is 5.76. The number of hydrogen-bond acceptors (Lipinski definition) is 2. The quantitative estimate of drug-likeness (QED) is 0.320. The fourth-order valence-corrected chi connectivity index (χ4v) is 4.75. The van der Waals surface area contributed by atoms with Gasteiger partial charge in [-0.25, -0.2) is 4.98 Å². The van der Waals surface area contributed by atoms with Crippen LogP contribution in [0.1, 0.15) is 67.3 Å². The molecule has 0 saturated carbocycles. The molecule has 0 spiro atoms. The molecule has 0 atom stereocenters. The number of aromatic nitrogens is 2. The van der Waals surface area contributed by atoms with Crippen LogP contribution in [-0.4, -0.2) is 9.55 Å². The summed E-state index contributed by atoms with van der Waals surface area (Å²) in [4.78, 5) is 4.72. The number of aryl methyl sites for hydroxylation is 2. The molecule has 0 aliphatic carbocycles. The minimum atomic E-state index is 0.336. The molecule has 0 bridgehead atoms. The van der Waals surface area contributed by atoms with Gasteiger partial charge in [0.1, 0.15) is 5.82 Å². The van der Waals surface area contributed by atoms with Gasteiger partial charge in [-0.3, -0.25) is 4.57 Å². The molecule has 4 rings (SSSR count). The first kappa shape index (κ1) is 22.6. The molecule has 3 nitrogen and oxygen atoms in total. The summed E-state index contributed by atoms with van der Waals surface area (Å²) in [7, 11) is 0. The van der Waals surface area contributed by atoms with Gasteiger partial charge in [0.15, 0.2) is 0 Å². The van der Waals surface area contributed by atoms with Crippen LogP contribution < -0.4 is 0 Å². The number of nitriles is 1. The summed E-state index contributed by atoms with van der Waals surface area (Å²) in [6, 6.07) is 21.3. The molecule has 0 unspecified atom stereocenters. The minimum absolute atomic E-state index is 0.336. The van der Waals surface area contributed by atoms with Crippen molar-refractivity contribution in [2.75, 3.05) is 0 Å². The average molecular weight is 434 g/mol. The third kappa shape index (κ3) is 4.22.